The maximum atomic E-state index is 12.2. The monoisotopic (exact) mass is 342 g/mol. The molecule has 0 unspecified atom stereocenters. The summed E-state index contributed by atoms with van der Waals surface area (Å²) in [5, 5.41) is 12.5. The van der Waals surface area contributed by atoms with Gasteiger partial charge < -0.3 is 10.1 Å². The van der Waals surface area contributed by atoms with E-state index in [0.29, 0.717) is 18.8 Å². The molecular weight excluding hydrogens is 324 g/mol. The standard InChI is InChI=1S/C17H18N4O2S/c1-23-10-14-8-13(20-21-14)9-18-17(22)15-11-24-16(19-15)7-12-5-3-2-4-6-12/h2-6,8,11H,7,9-10H2,1H3,(H,18,22)(H,20,21). The fraction of sp³-hybridized carbons (Fsp3) is 0.235. The third-order valence-electron chi connectivity index (χ3n) is 3.40. The first kappa shape index (κ1) is 16.4. The minimum Gasteiger partial charge on any atom is -0.378 e. The van der Waals surface area contributed by atoms with E-state index >= 15 is 0 Å². The molecule has 0 fully saturated rings. The number of benzene rings is 1. The van der Waals surface area contributed by atoms with E-state index in [9.17, 15) is 4.79 Å². The third kappa shape index (κ3) is 4.27. The van der Waals surface area contributed by atoms with E-state index in [4.69, 9.17) is 4.74 Å². The van der Waals surface area contributed by atoms with Gasteiger partial charge in [0.2, 0.25) is 0 Å². The average Bonchev–Trinajstić information content (AvgIpc) is 3.24. The van der Waals surface area contributed by atoms with Crippen LogP contribution >= 0.6 is 11.3 Å². The van der Waals surface area contributed by atoms with Crippen molar-refractivity contribution in [3.05, 3.63) is 69.4 Å². The van der Waals surface area contributed by atoms with Crippen molar-refractivity contribution in [1.82, 2.24) is 20.5 Å². The maximum absolute atomic E-state index is 12.2. The van der Waals surface area contributed by atoms with Gasteiger partial charge in [-0.15, -0.1) is 11.3 Å². The van der Waals surface area contributed by atoms with Gasteiger partial charge in [0.1, 0.15) is 5.69 Å². The SMILES string of the molecule is COCc1cc(CNC(=O)c2csc(Cc3ccccc3)n2)[nH]n1. The first-order chi connectivity index (χ1) is 11.7. The van der Waals surface area contributed by atoms with Crippen LogP contribution < -0.4 is 5.32 Å². The summed E-state index contributed by atoms with van der Waals surface area (Å²) in [6.45, 7) is 0.820. The van der Waals surface area contributed by atoms with Crippen LogP contribution in [-0.4, -0.2) is 28.2 Å². The first-order valence-electron chi connectivity index (χ1n) is 7.53. The third-order valence-corrected chi connectivity index (χ3v) is 4.25. The number of carbonyl (C=O) groups is 1. The van der Waals surface area contributed by atoms with Gasteiger partial charge in [0, 0.05) is 18.9 Å². The molecule has 2 aromatic heterocycles. The lowest BCUT2D eigenvalue weighted by molar-refractivity contribution is 0.0946. The number of methoxy groups -OCH3 is 1. The summed E-state index contributed by atoms with van der Waals surface area (Å²) in [6.07, 6.45) is 0.736. The zero-order valence-electron chi connectivity index (χ0n) is 13.3. The number of rotatable bonds is 7. The molecule has 24 heavy (non-hydrogen) atoms. The molecule has 0 atom stereocenters. The van der Waals surface area contributed by atoms with Crippen LogP contribution in [0.1, 0.15) is 32.4 Å². The van der Waals surface area contributed by atoms with Crippen molar-refractivity contribution in [2.24, 2.45) is 0 Å². The highest BCUT2D eigenvalue weighted by Gasteiger charge is 2.11. The van der Waals surface area contributed by atoms with Crippen molar-refractivity contribution in [3.63, 3.8) is 0 Å². The molecule has 0 spiro atoms. The lowest BCUT2D eigenvalue weighted by Gasteiger charge is -2.00. The van der Waals surface area contributed by atoms with Crippen molar-refractivity contribution in [3.8, 4) is 0 Å². The molecule has 6 nitrogen and oxygen atoms in total. The van der Waals surface area contributed by atoms with Crippen molar-refractivity contribution in [1.29, 1.82) is 0 Å². The number of ether oxygens (including phenoxy) is 1. The number of nitrogens with zero attached hydrogens (tertiary/aromatic N) is 2. The second-order valence-corrected chi connectivity index (χ2v) is 6.23. The minimum absolute atomic E-state index is 0.187. The smallest absolute Gasteiger partial charge is 0.271 e. The number of aromatic amines is 1. The van der Waals surface area contributed by atoms with Gasteiger partial charge >= 0.3 is 0 Å². The summed E-state index contributed by atoms with van der Waals surface area (Å²) >= 11 is 1.50. The molecule has 1 amide bonds. The molecule has 2 heterocycles. The van der Waals surface area contributed by atoms with Crippen molar-refractivity contribution >= 4 is 17.2 Å². The Kier molecular flexibility index (Phi) is 5.35. The molecule has 3 rings (SSSR count). The predicted octanol–water partition coefficient (Wildman–Crippen LogP) is 2.53. The van der Waals surface area contributed by atoms with Gasteiger partial charge in [0.15, 0.2) is 0 Å². The van der Waals surface area contributed by atoms with E-state index < -0.39 is 0 Å². The maximum Gasteiger partial charge on any atom is 0.271 e. The highest BCUT2D eigenvalue weighted by Crippen LogP contribution is 2.15. The Hall–Kier alpha value is -2.51. The molecule has 0 saturated carbocycles. The highest BCUT2D eigenvalue weighted by atomic mass is 32.1. The summed E-state index contributed by atoms with van der Waals surface area (Å²) in [5.41, 5.74) is 3.26. The molecule has 0 aliphatic heterocycles. The Morgan fingerprint density at radius 1 is 1.33 bits per heavy atom. The summed E-state index contributed by atoms with van der Waals surface area (Å²) in [6, 6.07) is 12.0. The number of carbonyl (C=O) groups excluding carboxylic acids is 1. The van der Waals surface area contributed by atoms with Crippen LogP contribution in [0.15, 0.2) is 41.8 Å². The van der Waals surface area contributed by atoms with Gasteiger partial charge in [-0.25, -0.2) is 4.98 Å². The van der Waals surface area contributed by atoms with Gasteiger partial charge in [-0.05, 0) is 11.6 Å². The quantitative estimate of drug-likeness (QED) is 0.691. The zero-order chi connectivity index (χ0) is 16.8. The molecule has 0 bridgehead atoms. The number of hydrogen-bond acceptors (Lipinski definition) is 5. The molecule has 0 aliphatic rings. The van der Waals surface area contributed by atoms with E-state index in [1.165, 1.54) is 16.9 Å². The van der Waals surface area contributed by atoms with Gasteiger partial charge in [-0.3, -0.25) is 9.89 Å². The van der Waals surface area contributed by atoms with Crippen LogP contribution in [0.4, 0.5) is 0 Å². The van der Waals surface area contributed by atoms with Gasteiger partial charge in [-0.2, -0.15) is 5.10 Å². The van der Waals surface area contributed by atoms with Crippen molar-refractivity contribution < 1.29 is 9.53 Å². The molecule has 0 radical (unpaired) electrons. The Balaban J connectivity index is 1.55. The Labute approximate surface area is 143 Å². The number of H-pyrrole nitrogens is 1. The molecule has 0 saturated heterocycles. The fourth-order valence-electron chi connectivity index (χ4n) is 2.25. The van der Waals surface area contributed by atoms with Crippen LogP contribution in [0.5, 0.6) is 0 Å². The molecule has 124 valence electrons. The topological polar surface area (TPSA) is 79.9 Å². The van der Waals surface area contributed by atoms with Crippen molar-refractivity contribution in [2.45, 2.75) is 19.6 Å². The van der Waals surface area contributed by atoms with E-state index in [2.05, 4.69) is 32.6 Å². The van der Waals surface area contributed by atoms with Gasteiger partial charge in [0.25, 0.3) is 5.91 Å². The number of nitrogens with one attached hydrogen (secondary N) is 2. The van der Waals surface area contributed by atoms with E-state index in [1.807, 2.05) is 24.3 Å². The summed E-state index contributed by atoms with van der Waals surface area (Å²) in [5.74, 6) is -0.187. The van der Waals surface area contributed by atoms with Crippen LogP contribution in [0, 0.1) is 0 Å². The van der Waals surface area contributed by atoms with Gasteiger partial charge in [0.05, 0.1) is 29.5 Å². The zero-order valence-corrected chi connectivity index (χ0v) is 14.1. The molecular formula is C17H18N4O2S. The van der Waals surface area contributed by atoms with Gasteiger partial charge in [-0.1, -0.05) is 30.3 Å². The predicted molar refractivity (Wildman–Crippen MR) is 91.8 cm³/mol. The second kappa shape index (κ2) is 7.85. The van der Waals surface area contributed by atoms with E-state index in [0.717, 1.165) is 22.8 Å². The Morgan fingerprint density at radius 2 is 2.17 bits per heavy atom. The Morgan fingerprint density at radius 3 is 2.96 bits per heavy atom. The number of hydrogen-bond donors (Lipinski definition) is 2. The largest absolute Gasteiger partial charge is 0.378 e. The molecule has 1 aromatic carbocycles. The molecule has 7 heteroatoms. The van der Waals surface area contributed by atoms with Crippen molar-refractivity contribution in [2.75, 3.05) is 7.11 Å². The first-order valence-corrected chi connectivity index (χ1v) is 8.41. The van der Waals surface area contributed by atoms with Crippen LogP contribution in [-0.2, 0) is 24.3 Å². The second-order valence-electron chi connectivity index (χ2n) is 5.29. The summed E-state index contributed by atoms with van der Waals surface area (Å²) in [7, 11) is 1.62. The molecule has 2 N–H and O–H groups in total. The number of amides is 1. The number of thiazole rings is 1. The van der Waals surface area contributed by atoms with Crippen LogP contribution in [0.3, 0.4) is 0 Å². The van der Waals surface area contributed by atoms with Crippen LogP contribution in [0.25, 0.3) is 0 Å². The average molecular weight is 342 g/mol. The van der Waals surface area contributed by atoms with E-state index in [1.54, 1.807) is 12.5 Å². The lowest BCUT2D eigenvalue weighted by Crippen LogP contribution is -2.23. The minimum atomic E-state index is -0.187. The lowest BCUT2D eigenvalue weighted by atomic mass is 10.2. The highest BCUT2D eigenvalue weighted by molar-refractivity contribution is 7.09. The Bertz CT molecular complexity index is 798. The summed E-state index contributed by atoms with van der Waals surface area (Å²) in [4.78, 5) is 16.6. The normalized spacial score (nSPS) is 10.7. The van der Waals surface area contributed by atoms with Crippen LogP contribution in [0.2, 0.25) is 0 Å². The summed E-state index contributed by atoms with van der Waals surface area (Å²) < 4.78 is 5.01. The van der Waals surface area contributed by atoms with E-state index in [-0.39, 0.29) is 5.91 Å². The number of aromatic nitrogens is 3. The molecule has 0 aliphatic carbocycles. The molecule has 3 aromatic rings. The fourth-order valence-corrected chi connectivity index (χ4v) is 3.06.